The largest absolute Gasteiger partial charge is 0.492 e. The topological polar surface area (TPSA) is 112 Å². The Morgan fingerprint density at radius 3 is 2.72 bits per heavy atom. The summed E-state index contributed by atoms with van der Waals surface area (Å²) in [5.41, 5.74) is 7.04. The van der Waals surface area contributed by atoms with E-state index in [1.54, 1.807) is 24.3 Å². The molecule has 0 bridgehead atoms. The van der Waals surface area contributed by atoms with Crippen molar-refractivity contribution in [3.63, 3.8) is 0 Å². The van der Waals surface area contributed by atoms with E-state index in [1.807, 2.05) is 0 Å². The van der Waals surface area contributed by atoms with E-state index < -0.39 is 29.8 Å². The second-order valence-corrected chi connectivity index (χ2v) is 5.94. The van der Waals surface area contributed by atoms with Gasteiger partial charge in [-0.2, -0.15) is 0 Å². The van der Waals surface area contributed by atoms with Crippen LogP contribution in [-0.2, 0) is 0 Å². The molecule has 0 aromatic heterocycles. The Morgan fingerprint density at radius 2 is 2.04 bits per heavy atom. The third-order valence-corrected chi connectivity index (χ3v) is 4.24. The number of hydrogen-bond donors (Lipinski definition) is 1. The van der Waals surface area contributed by atoms with Crippen LogP contribution in [0, 0.1) is 0 Å². The van der Waals surface area contributed by atoms with E-state index in [1.165, 1.54) is 24.3 Å². The predicted molar refractivity (Wildman–Crippen MR) is 89.9 cm³/mol. The quantitative estimate of drug-likeness (QED) is 0.391. The summed E-state index contributed by atoms with van der Waals surface area (Å²) >= 11 is 5.91. The van der Waals surface area contributed by atoms with E-state index in [-0.39, 0.29) is 21.9 Å². The molecule has 3 rings (SSSR count). The van der Waals surface area contributed by atoms with Crippen LogP contribution in [0.5, 0.6) is 5.75 Å². The molecular formula is C17H12ClN3O4. The highest BCUT2D eigenvalue weighted by Gasteiger charge is 2.52. The number of hydrogen-bond acceptors (Lipinski definition) is 5. The minimum absolute atomic E-state index is 0.0473. The monoisotopic (exact) mass is 357 g/mol. The molecule has 0 unspecified atom stereocenters. The van der Waals surface area contributed by atoms with Crippen LogP contribution >= 0.6 is 11.6 Å². The van der Waals surface area contributed by atoms with Crippen molar-refractivity contribution >= 4 is 23.2 Å². The Kier molecular flexibility index (Phi) is 4.46. The first kappa shape index (κ1) is 17.0. The van der Waals surface area contributed by atoms with Crippen LogP contribution in [0.2, 0.25) is 5.02 Å². The summed E-state index contributed by atoms with van der Waals surface area (Å²) < 4.78 is 5.47. The zero-order chi connectivity index (χ0) is 18.0. The van der Waals surface area contributed by atoms with Crippen LogP contribution < -0.4 is 4.74 Å². The third-order valence-electron chi connectivity index (χ3n) is 4.01. The minimum atomic E-state index is -2.10. The molecule has 2 atom stereocenters. The number of Topliss-reactive ketones (excluding diaryl/α,β-unsaturated/α-hetero) is 2. The molecule has 126 valence electrons. The van der Waals surface area contributed by atoms with Crippen LogP contribution in [0.15, 0.2) is 53.6 Å². The molecule has 0 amide bonds. The summed E-state index contributed by atoms with van der Waals surface area (Å²) in [6, 6.07) is 12.3. The molecule has 1 aliphatic rings. The second-order valence-electron chi connectivity index (χ2n) is 5.50. The fraction of sp³-hybridized carbons (Fsp3) is 0.176. The summed E-state index contributed by atoms with van der Waals surface area (Å²) in [6.45, 7) is -0.454. The smallest absolute Gasteiger partial charge is 0.192 e. The predicted octanol–water partition coefficient (Wildman–Crippen LogP) is 3.21. The average Bonchev–Trinajstić information content (AvgIpc) is 2.64. The highest BCUT2D eigenvalue weighted by atomic mass is 35.5. The van der Waals surface area contributed by atoms with Crippen LogP contribution in [-0.4, -0.2) is 34.9 Å². The summed E-state index contributed by atoms with van der Waals surface area (Å²) in [7, 11) is 0. The number of carbonyl (C=O) groups excluding carboxylic acids is 2. The first-order chi connectivity index (χ1) is 12.0. The third kappa shape index (κ3) is 2.85. The molecule has 0 aliphatic carbocycles. The number of rotatable bonds is 4. The lowest BCUT2D eigenvalue weighted by Crippen LogP contribution is -2.57. The number of carbonyl (C=O) groups is 2. The minimum Gasteiger partial charge on any atom is -0.492 e. The lowest BCUT2D eigenvalue weighted by atomic mass is 9.80. The zero-order valence-corrected chi connectivity index (χ0v) is 13.6. The molecule has 25 heavy (non-hydrogen) atoms. The highest BCUT2D eigenvalue weighted by molar-refractivity contribution is 6.31. The van der Waals surface area contributed by atoms with E-state index in [2.05, 4.69) is 10.0 Å². The highest BCUT2D eigenvalue weighted by Crippen LogP contribution is 2.36. The van der Waals surface area contributed by atoms with E-state index in [4.69, 9.17) is 21.9 Å². The van der Waals surface area contributed by atoms with E-state index in [9.17, 15) is 14.7 Å². The van der Waals surface area contributed by atoms with Gasteiger partial charge in [0.05, 0.1) is 5.56 Å². The van der Waals surface area contributed by atoms with Crippen molar-refractivity contribution in [1.82, 2.24) is 0 Å². The number of nitrogens with zero attached hydrogens (tertiary/aromatic N) is 3. The van der Waals surface area contributed by atoms with E-state index in [0.29, 0.717) is 0 Å². The molecule has 8 heteroatoms. The van der Waals surface area contributed by atoms with Gasteiger partial charge >= 0.3 is 0 Å². The van der Waals surface area contributed by atoms with Gasteiger partial charge < -0.3 is 9.84 Å². The lowest BCUT2D eigenvalue weighted by Gasteiger charge is -2.35. The van der Waals surface area contributed by atoms with Crippen LogP contribution in [0.25, 0.3) is 10.4 Å². The molecule has 0 spiro atoms. The Morgan fingerprint density at radius 1 is 1.32 bits per heavy atom. The van der Waals surface area contributed by atoms with Crippen molar-refractivity contribution in [2.45, 2.75) is 11.6 Å². The van der Waals surface area contributed by atoms with E-state index in [0.717, 1.165) is 0 Å². The van der Waals surface area contributed by atoms with Crippen molar-refractivity contribution in [3.8, 4) is 5.75 Å². The van der Waals surface area contributed by atoms with Gasteiger partial charge in [-0.15, -0.1) is 0 Å². The summed E-state index contributed by atoms with van der Waals surface area (Å²) in [4.78, 5) is 28.2. The number of aliphatic hydroxyl groups is 1. The van der Waals surface area contributed by atoms with E-state index >= 15 is 0 Å². The van der Waals surface area contributed by atoms with Gasteiger partial charge in [-0.1, -0.05) is 47.0 Å². The van der Waals surface area contributed by atoms with Gasteiger partial charge in [0.2, 0.25) is 0 Å². The molecule has 1 N–H and O–H groups in total. The average molecular weight is 358 g/mol. The molecule has 1 heterocycles. The van der Waals surface area contributed by atoms with Gasteiger partial charge in [0, 0.05) is 15.5 Å². The van der Waals surface area contributed by atoms with Crippen LogP contribution in [0.1, 0.15) is 20.7 Å². The number of ether oxygens (including phenoxy) is 1. The van der Waals surface area contributed by atoms with Crippen LogP contribution in [0.3, 0.4) is 0 Å². The normalized spacial score (nSPS) is 20.0. The number of aliphatic hydroxyl groups excluding tert-OH is 1. The fourth-order valence-corrected chi connectivity index (χ4v) is 2.85. The van der Waals surface area contributed by atoms with Gasteiger partial charge in [-0.05, 0) is 23.7 Å². The van der Waals surface area contributed by atoms with Gasteiger partial charge in [-0.3, -0.25) is 9.59 Å². The van der Waals surface area contributed by atoms with Crippen LogP contribution in [0.4, 0.5) is 0 Å². The van der Waals surface area contributed by atoms with Gasteiger partial charge in [0.15, 0.2) is 17.1 Å². The van der Waals surface area contributed by atoms with Crippen molar-refractivity contribution < 1.29 is 19.4 Å². The van der Waals surface area contributed by atoms with Crippen molar-refractivity contribution in [2.24, 2.45) is 5.11 Å². The number of halogens is 1. The molecule has 2 aromatic carbocycles. The first-order valence-corrected chi connectivity index (χ1v) is 7.68. The summed E-state index contributed by atoms with van der Waals surface area (Å²) in [6.07, 6.45) is -1.90. The molecule has 0 saturated carbocycles. The second kappa shape index (κ2) is 6.57. The maximum atomic E-state index is 12.9. The Hall–Kier alpha value is -2.86. The molecule has 0 fully saturated rings. The van der Waals surface area contributed by atoms with Crippen molar-refractivity contribution in [1.29, 1.82) is 0 Å². The number of benzene rings is 2. The maximum absolute atomic E-state index is 12.9. The standard InChI is InChI=1S/C17H12ClN3O4/c18-11-6-7-13-12(8-11)15(23)17(9-25-13,20-21-19)16(24)14(22)10-4-2-1-3-5-10/h1-8,16,24H,9H2/t16-,17-/m0/s1. The van der Waals surface area contributed by atoms with Crippen molar-refractivity contribution in [2.75, 3.05) is 6.61 Å². The number of fused-ring (bicyclic) bond motifs is 1. The molecule has 7 nitrogen and oxygen atoms in total. The van der Waals surface area contributed by atoms with Gasteiger partial charge in [0.25, 0.3) is 0 Å². The molecule has 0 saturated heterocycles. The van der Waals surface area contributed by atoms with Gasteiger partial charge in [0.1, 0.15) is 18.5 Å². The first-order valence-electron chi connectivity index (χ1n) is 7.30. The Labute approximate surface area is 147 Å². The Balaban J connectivity index is 2.07. The SMILES string of the molecule is [N-]=[N+]=N[C@@]1([C@@H](O)C(=O)c2ccccc2)COc2ccc(Cl)cc2C1=O. The lowest BCUT2D eigenvalue weighted by molar-refractivity contribution is 0.0311. The summed E-state index contributed by atoms with van der Waals surface area (Å²) in [5.74, 6) is -1.21. The molecule has 0 radical (unpaired) electrons. The summed E-state index contributed by atoms with van der Waals surface area (Å²) in [5, 5.41) is 14.3. The number of ketones is 2. The Bertz CT molecular complexity index is 896. The zero-order valence-electron chi connectivity index (χ0n) is 12.8. The fourth-order valence-electron chi connectivity index (χ4n) is 2.68. The maximum Gasteiger partial charge on any atom is 0.192 e. The molecule has 1 aliphatic heterocycles. The number of azide groups is 1. The van der Waals surface area contributed by atoms with Gasteiger partial charge in [-0.25, -0.2) is 0 Å². The molecule has 2 aromatic rings. The van der Waals surface area contributed by atoms with Crippen molar-refractivity contribution in [3.05, 3.63) is 75.1 Å². The molecular weight excluding hydrogens is 346 g/mol.